The zero-order chi connectivity index (χ0) is 10.3. The van der Waals surface area contributed by atoms with Gasteiger partial charge in [-0.3, -0.25) is 0 Å². The summed E-state index contributed by atoms with van der Waals surface area (Å²) < 4.78 is 11.2. The summed E-state index contributed by atoms with van der Waals surface area (Å²) in [4.78, 5) is 0. The monoisotopic (exact) mass is 241 g/mol. The van der Waals surface area contributed by atoms with Crippen molar-refractivity contribution in [1.82, 2.24) is 5.32 Å². The van der Waals surface area contributed by atoms with Crippen LogP contribution in [0.5, 0.6) is 11.5 Å². The molecule has 0 amide bonds. The van der Waals surface area contributed by atoms with E-state index in [0.717, 1.165) is 37.4 Å². The predicted molar refractivity (Wildman–Crippen MR) is 64.8 cm³/mol. The summed E-state index contributed by atoms with van der Waals surface area (Å²) in [6, 6.07) is 6.06. The van der Waals surface area contributed by atoms with Crippen LogP contribution in [0.2, 0.25) is 0 Å². The molecule has 0 saturated carbocycles. The smallest absolute Gasteiger partial charge is 0.134 e. The highest BCUT2D eigenvalue weighted by Gasteiger charge is 2.41. The minimum absolute atomic E-state index is 0. The first-order chi connectivity index (χ1) is 7.31. The summed E-state index contributed by atoms with van der Waals surface area (Å²) in [6.07, 6.45) is 2.20. The van der Waals surface area contributed by atoms with E-state index >= 15 is 0 Å². The molecule has 4 heteroatoms. The molecule has 2 aliphatic heterocycles. The van der Waals surface area contributed by atoms with Crippen LogP contribution >= 0.6 is 12.4 Å². The number of ether oxygens (including phenoxy) is 2. The normalized spacial score (nSPS) is 20.1. The van der Waals surface area contributed by atoms with Gasteiger partial charge in [0.25, 0.3) is 0 Å². The van der Waals surface area contributed by atoms with Gasteiger partial charge in [0.05, 0.1) is 7.11 Å². The van der Waals surface area contributed by atoms with Gasteiger partial charge in [0, 0.05) is 13.1 Å². The van der Waals surface area contributed by atoms with Crippen molar-refractivity contribution in [3.63, 3.8) is 0 Å². The van der Waals surface area contributed by atoms with Crippen molar-refractivity contribution in [2.75, 3.05) is 20.2 Å². The maximum Gasteiger partial charge on any atom is 0.134 e. The molecule has 1 fully saturated rings. The molecule has 0 atom stereocenters. The fourth-order valence-corrected chi connectivity index (χ4v) is 2.28. The molecule has 1 aromatic carbocycles. The Kier molecular flexibility index (Phi) is 3.00. The summed E-state index contributed by atoms with van der Waals surface area (Å²) >= 11 is 0. The van der Waals surface area contributed by atoms with Crippen LogP contribution in [0, 0.1) is 0 Å². The third-order valence-corrected chi connectivity index (χ3v) is 3.34. The molecule has 0 aliphatic carbocycles. The standard InChI is InChI=1S/C12H15NO2.ClH/c1-14-10-2-3-11-9(6-10)4-5-12(15-11)7-13-8-12;/h2-3,6,13H,4-5,7-8H2,1H3;1H. The number of hydrogen-bond donors (Lipinski definition) is 1. The van der Waals surface area contributed by atoms with Gasteiger partial charge in [-0.1, -0.05) is 0 Å². The van der Waals surface area contributed by atoms with Crippen molar-refractivity contribution < 1.29 is 9.47 Å². The molecule has 0 bridgehead atoms. The van der Waals surface area contributed by atoms with Crippen LogP contribution in [0.3, 0.4) is 0 Å². The van der Waals surface area contributed by atoms with Crippen molar-refractivity contribution in [3.8, 4) is 11.5 Å². The molecule has 16 heavy (non-hydrogen) atoms. The van der Waals surface area contributed by atoms with E-state index in [0.29, 0.717) is 0 Å². The van der Waals surface area contributed by atoms with Crippen LogP contribution < -0.4 is 14.8 Å². The molecule has 1 saturated heterocycles. The quantitative estimate of drug-likeness (QED) is 0.813. The van der Waals surface area contributed by atoms with Crippen LogP contribution in [-0.4, -0.2) is 25.8 Å². The first-order valence-corrected chi connectivity index (χ1v) is 5.38. The molecule has 0 radical (unpaired) electrons. The predicted octanol–water partition coefficient (Wildman–Crippen LogP) is 1.78. The van der Waals surface area contributed by atoms with E-state index in [9.17, 15) is 0 Å². The highest BCUT2D eigenvalue weighted by Crippen LogP contribution is 2.36. The third kappa shape index (κ3) is 1.74. The second-order valence-electron chi connectivity index (χ2n) is 4.36. The van der Waals surface area contributed by atoms with Crippen LogP contribution in [0.15, 0.2) is 18.2 Å². The van der Waals surface area contributed by atoms with Crippen molar-refractivity contribution >= 4 is 12.4 Å². The van der Waals surface area contributed by atoms with Gasteiger partial charge in [0.15, 0.2) is 0 Å². The van der Waals surface area contributed by atoms with E-state index in [1.165, 1.54) is 5.56 Å². The van der Waals surface area contributed by atoms with Gasteiger partial charge >= 0.3 is 0 Å². The molecular weight excluding hydrogens is 226 g/mol. The molecule has 88 valence electrons. The lowest BCUT2D eigenvalue weighted by molar-refractivity contribution is -0.00240. The fraction of sp³-hybridized carbons (Fsp3) is 0.500. The summed E-state index contributed by atoms with van der Waals surface area (Å²) in [5.41, 5.74) is 1.36. The summed E-state index contributed by atoms with van der Waals surface area (Å²) in [7, 11) is 1.70. The van der Waals surface area contributed by atoms with Crippen LogP contribution in [0.4, 0.5) is 0 Å². The SMILES string of the molecule is COc1ccc2c(c1)CCC1(CNC1)O2.Cl. The van der Waals surface area contributed by atoms with E-state index in [1.54, 1.807) is 7.11 Å². The second kappa shape index (κ2) is 4.15. The molecule has 3 nitrogen and oxygen atoms in total. The highest BCUT2D eigenvalue weighted by atomic mass is 35.5. The number of halogens is 1. The number of nitrogens with one attached hydrogen (secondary N) is 1. The van der Waals surface area contributed by atoms with Gasteiger partial charge < -0.3 is 14.8 Å². The maximum atomic E-state index is 6.04. The number of fused-ring (bicyclic) bond motifs is 1. The fourth-order valence-electron chi connectivity index (χ4n) is 2.28. The molecule has 1 N–H and O–H groups in total. The number of hydrogen-bond acceptors (Lipinski definition) is 3. The van der Waals surface area contributed by atoms with Crippen LogP contribution in [0.25, 0.3) is 0 Å². The Balaban J connectivity index is 0.000000963. The van der Waals surface area contributed by atoms with Gasteiger partial charge in [-0.2, -0.15) is 0 Å². The van der Waals surface area contributed by atoms with Gasteiger partial charge in [-0.25, -0.2) is 0 Å². The van der Waals surface area contributed by atoms with E-state index in [-0.39, 0.29) is 18.0 Å². The molecule has 0 unspecified atom stereocenters. The van der Waals surface area contributed by atoms with Crippen LogP contribution in [-0.2, 0) is 6.42 Å². The number of benzene rings is 1. The Morgan fingerprint density at radius 1 is 1.38 bits per heavy atom. The lowest BCUT2D eigenvalue weighted by Gasteiger charge is -2.45. The van der Waals surface area contributed by atoms with E-state index < -0.39 is 0 Å². The molecular formula is C12H16ClNO2. The van der Waals surface area contributed by atoms with E-state index in [1.807, 2.05) is 12.1 Å². The first kappa shape index (κ1) is 11.6. The number of aryl methyl sites for hydroxylation is 1. The summed E-state index contributed by atoms with van der Waals surface area (Å²) in [6.45, 7) is 1.97. The minimum Gasteiger partial charge on any atom is -0.497 e. The second-order valence-corrected chi connectivity index (χ2v) is 4.36. The Morgan fingerprint density at radius 2 is 2.19 bits per heavy atom. The average molecular weight is 242 g/mol. The Labute approximate surface area is 102 Å². The Bertz CT molecular complexity index is 391. The lowest BCUT2D eigenvalue weighted by Crippen LogP contribution is -2.64. The average Bonchev–Trinajstić information content (AvgIpc) is 2.25. The van der Waals surface area contributed by atoms with Gasteiger partial charge in [-0.15, -0.1) is 12.4 Å². The Morgan fingerprint density at radius 3 is 2.81 bits per heavy atom. The van der Waals surface area contributed by atoms with Gasteiger partial charge in [0.1, 0.15) is 17.1 Å². The molecule has 1 aromatic rings. The number of methoxy groups -OCH3 is 1. The van der Waals surface area contributed by atoms with E-state index in [4.69, 9.17) is 9.47 Å². The molecule has 2 aliphatic rings. The van der Waals surface area contributed by atoms with Crippen molar-refractivity contribution in [2.45, 2.75) is 18.4 Å². The summed E-state index contributed by atoms with van der Waals surface area (Å²) in [5.74, 6) is 1.95. The third-order valence-electron chi connectivity index (χ3n) is 3.34. The molecule has 1 spiro atoms. The van der Waals surface area contributed by atoms with E-state index in [2.05, 4.69) is 11.4 Å². The topological polar surface area (TPSA) is 30.5 Å². The minimum atomic E-state index is 0. The van der Waals surface area contributed by atoms with Crippen molar-refractivity contribution in [2.24, 2.45) is 0 Å². The lowest BCUT2D eigenvalue weighted by atomic mass is 9.86. The zero-order valence-electron chi connectivity index (χ0n) is 9.29. The zero-order valence-corrected chi connectivity index (χ0v) is 10.1. The molecule has 2 heterocycles. The Hall–Kier alpha value is -0.930. The molecule has 0 aromatic heterocycles. The van der Waals surface area contributed by atoms with Crippen molar-refractivity contribution in [3.05, 3.63) is 23.8 Å². The maximum absolute atomic E-state index is 6.04. The molecule has 3 rings (SSSR count). The first-order valence-electron chi connectivity index (χ1n) is 5.38. The van der Waals surface area contributed by atoms with Gasteiger partial charge in [-0.05, 0) is 36.6 Å². The van der Waals surface area contributed by atoms with Crippen molar-refractivity contribution in [1.29, 1.82) is 0 Å². The van der Waals surface area contributed by atoms with Crippen LogP contribution in [0.1, 0.15) is 12.0 Å². The van der Waals surface area contributed by atoms with Gasteiger partial charge in [0.2, 0.25) is 0 Å². The number of rotatable bonds is 1. The largest absolute Gasteiger partial charge is 0.497 e. The highest BCUT2D eigenvalue weighted by molar-refractivity contribution is 5.85. The summed E-state index contributed by atoms with van der Waals surface area (Å²) in [5, 5.41) is 3.28.